The highest BCUT2D eigenvalue weighted by Gasteiger charge is 2.40. The Labute approximate surface area is 79.6 Å². The Morgan fingerprint density at radius 3 is 2.54 bits per heavy atom. The Kier molecular flexibility index (Phi) is 3.31. The first kappa shape index (κ1) is 10.5. The van der Waals surface area contributed by atoms with Crippen LogP contribution in [0.4, 0.5) is 0 Å². The molecular weight excluding hydrogens is 166 g/mol. The molecule has 1 rings (SSSR count). The molecule has 1 aliphatic rings. The van der Waals surface area contributed by atoms with Gasteiger partial charge in [-0.1, -0.05) is 13.8 Å². The van der Waals surface area contributed by atoms with Crippen molar-refractivity contribution in [3.63, 3.8) is 0 Å². The highest BCUT2D eigenvalue weighted by Crippen LogP contribution is 2.36. The number of esters is 1. The van der Waals surface area contributed by atoms with E-state index in [9.17, 15) is 4.79 Å². The number of hydrogen-bond acceptors (Lipinski definition) is 3. The number of carbonyl (C=O) groups excluding carboxylic acids is 1. The van der Waals surface area contributed by atoms with E-state index in [-0.39, 0.29) is 17.9 Å². The van der Waals surface area contributed by atoms with Gasteiger partial charge in [0, 0.05) is 6.04 Å². The Balaban J connectivity index is 2.71. The van der Waals surface area contributed by atoms with Crippen LogP contribution in [0.25, 0.3) is 0 Å². The van der Waals surface area contributed by atoms with E-state index in [1.807, 2.05) is 0 Å². The van der Waals surface area contributed by atoms with Gasteiger partial charge >= 0.3 is 5.97 Å². The van der Waals surface area contributed by atoms with Crippen molar-refractivity contribution in [2.75, 3.05) is 7.11 Å². The summed E-state index contributed by atoms with van der Waals surface area (Å²) in [5.41, 5.74) is 5.88. The quantitative estimate of drug-likeness (QED) is 0.657. The third-order valence-electron chi connectivity index (χ3n) is 3.09. The topological polar surface area (TPSA) is 52.3 Å². The zero-order valence-electron chi connectivity index (χ0n) is 8.62. The molecule has 0 spiro atoms. The third-order valence-corrected chi connectivity index (χ3v) is 3.09. The lowest BCUT2D eigenvalue weighted by Crippen LogP contribution is -2.36. The number of hydrogen-bond donors (Lipinski definition) is 1. The standard InChI is InChI=1S/C10H19NO2/c1-6(2)7-4-5-8(11)9(7)10(12)13-3/h6-9H,4-5,11H2,1-3H3/t7-,8+,9-/m0/s1. The van der Waals surface area contributed by atoms with Gasteiger partial charge < -0.3 is 10.5 Å². The molecule has 3 heteroatoms. The Hall–Kier alpha value is -0.570. The molecule has 0 radical (unpaired) electrons. The zero-order chi connectivity index (χ0) is 10.0. The number of ether oxygens (including phenoxy) is 1. The van der Waals surface area contributed by atoms with Crippen molar-refractivity contribution in [3.05, 3.63) is 0 Å². The van der Waals surface area contributed by atoms with Crippen molar-refractivity contribution < 1.29 is 9.53 Å². The van der Waals surface area contributed by atoms with Crippen molar-refractivity contribution in [1.82, 2.24) is 0 Å². The van der Waals surface area contributed by atoms with E-state index in [1.165, 1.54) is 7.11 Å². The van der Waals surface area contributed by atoms with Crippen LogP contribution >= 0.6 is 0 Å². The minimum absolute atomic E-state index is 0.000139. The molecule has 0 heterocycles. The van der Waals surface area contributed by atoms with Crippen molar-refractivity contribution in [2.24, 2.45) is 23.5 Å². The average Bonchev–Trinajstić information content (AvgIpc) is 2.46. The molecule has 0 bridgehead atoms. The SMILES string of the molecule is COC(=O)[C@@H]1[C@H](N)CC[C@H]1C(C)C. The summed E-state index contributed by atoms with van der Waals surface area (Å²) in [5, 5.41) is 0. The lowest BCUT2D eigenvalue weighted by atomic mass is 9.85. The van der Waals surface area contributed by atoms with Crippen LogP contribution in [0.3, 0.4) is 0 Å². The van der Waals surface area contributed by atoms with Gasteiger partial charge in [0.2, 0.25) is 0 Å². The van der Waals surface area contributed by atoms with E-state index in [1.54, 1.807) is 0 Å². The van der Waals surface area contributed by atoms with E-state index in [2.05, 4.69) is 13.8 Å². The molecule has 0 aromatic carbocycles. The summed E-state index contributed by atoms with van der Waals surface area (Å²) in [6.45, 7) is 4.28. The normalized spacial score (nSPS) is 33.8. The second-order valence-electron chi connectivity index (χ2n) is 4.20. The molecule has 1 aliphatic carbocycles. The summed E-state index contributed by atoms with van der Waals surface area (Å²) in [4.78, 5) is 11.4. The molecule has 76 valence electrons. The second kappa shape index (κ2) is 4.09. The first-order valence-electron chi connectivity index (χ1n) is 4.91. The number of nitrogens with two attached hydrogens (primary N) is 1. The zero-order valence-corrected chi connectivity index (χ0v) is 8.62. The van der Waals surface area contributed by atoms with Gasteiger partial charge in [-0.25, -0.2) is 0 Å². The summed E-state index contributed by atoms with van der Waals surface area (Å²) in [6.07, 6.45) is 2.00. The van der Waals surface area contributed by atoms with Crippen molar-refractivity contribution in [2.45, 2.75) is 32.7 Å². The van der Waals surface area contributed by atoms with Gasteiger partial charge in [-0.2, -0.15) is 0 Å². The van der Waals surface area contributed by atoms with E-state index in [4.69, 9.17) is 10.5 Å². The maximum atomic E-state index is 11.4. The molecule has 1 fully saturated rings. The van der Waals surface area contributed by atoms with Crippen LogP contribution < -0.4 is 5.73 Å². The Morgan fingerprint density at radius 1 is 1.46 bits per heavy atom. The lowest BCUT2D eigenvalue weighted by Gasteiger charge is -2.23. The molecule has 13 heavy (non-hydrogen) atoms. The largest absolute Gasteiger partial charge is 0.469 e. The number of rotatable bonds is 2. The van der Waals surface area contributed by atoms with Gasteiger partial charge in [-0.05, 0) is 24.7 Å². The van der Waals surface area contributed by atoms with Gasteiger partial charge in [0.15, 0.2) is 0 Å². The molecule has 0 unspecified atom stereocenters. The van der Waals surface area contributed by atoms with Crippen LogP contribution in [0.2, 0.25) is 0 Å². The smallest absolute Gasteiger partial charge is 0.310 e. The van der Waals surface area contributed by atoms with Crippen molar-refractivity contribution in [1.29, 1.82) is 0 Å². The molecular formula is C10H19NO2. The average molecular weight is 185 g/mol. The molecule has 0 aliphatic heterocycles. The van der Waals surface area contributed by atoms with Crippen molar-refractivity contribution >= 4 is 5.97 Å². The Bertz CT molecular complexity index is 191. The fraction of sp³-hybridized carbons (Fsp3) is 0.900. The monoisotopic (exact) mass is 185 g/mol. The van der Waals surface area contributed by atoms with Gasteiger partial charge in [-0.15, -0.1) is 0 Å². The van der Waals surface area contributed by atoms with Crippen LogP contribution in [-0.4, -0.2) is 19.1 Å². The van der Waals surface area contributed by atoms with E-state index in [0.29, 0.717) is 11.8 Å². The highest BCUT2D eigenvalue weighted by molar-refractivity contribution is 5.74. The summed E-state index contributed by atoms with van der Waals surface area (Å²) < 4.78 is 4.77. The number of methoxy groups -OCH3 is 1. The Morgan fingerprint density at radius 2 is 2.08 bits per heavy atom. The summed E-state index contributed by atoms with van der Waals surface area (Å²) in [7, 11) is 1.44. The molecule has 3 atom stereocenters. The molecule has 2 N–H and O–H groups in total. The van der Waals surface area contributed by atoms with E-state index in [0.717, 1.165) is 12.8 Å². The maximum Gasteiger partial charge on any atom is 0.310 e. The summed E-state index contributed by atoms with van der Waals surface area (Å²) in [6, 6.07) is -0.000139. The van der Waals surface area contributed by atoms with Gasteiger partial charge in [0.1, 0.15) is 0 Å². The fourth-order valence-electron chi connectivity index (χ4n) is 2.30. The van der Waals surface area contributed by atoms with E-state index >= 15 is 0 Å². The van der Waals surface area contributed by atoms with Crippen LogP contribution in [0.5, 0.6) is 0 Å². The van der Waals surface area contributed by atoms with Gasteiger partial charge in [-0.3, -0.25) is 4.79 Å². The third kappa shape index (κ3) is 2.02. The lowest BCUT2D eigenvalue weighted by molar-refractivity contribution is -0.147. The highest BCUT2D eigenvalue weighted by atomic mass is 16.5. The predicted octanol–water partition coefficient (Wildman–Crippen LogP) is 1.17. The van der Waals surface area contributed by atoms with Crippen molar-refractivity contribution in [3.8, 4) is 0 Å². The molecule has 1 saturated carbocycles. The van der Waals surface area contributed by atoms with Gasteiger partial charge in [0.05, 0.1) is 13.0 Å². The second-order valence-corrected chi connectivity index (χ2v) is 4.20. The van der Waals surface area contributed by atoms with Crippen LogP contribution in [0, 0.1) is 17.8 Å². The first-order chi connectivity index (χ1) is 6.07. The van der Waals surface area contributed by atoms with E-state index < -0.39 is 0 Å². The van der Waals surface area contributed by atoms with Crippen LogP contribution in [-0.2, 0) is 9.53 Å². The first-order valence-corrected chi connectivity index (χ1v) is 4.91. The molecule has 0 saturated heterocycles. The molecule has 0 amide bonds. The molecule has 0 aromatic heterocycles. The summed E-state index contributed by atoms with van der Waals surface area (Å²) in [5.74, 6) is 0.703. The fourth-order valence-corrected chi connectivity index (χ4v) is 2.30. The predicted molar refractivity (Wildman–Crippen MR) is 51.0 cm³/mol. The van der Waals surface area contributed by atoms with Crippen LogP contribution in [0.15, 0.2) is 0 Å². The van der Waals surface area contributed by atoms with Gasteiger partial charge in [0.25, 0.3) is 0 Å². The van der Waals surface area contributed by atoms with Crippen LogP contribution in [0.1, 0.15) is 26.7 Å². The molecule has 0 aromatic rings. The minimum Gasteiger partial charge on any atom is -0.469 e. The maximum absolute atomic E-state index is 11.4. The molecule has 3 nitrogen and oxygen atoms in total. The number of carbonyl (C=O) groups is 1. The minimum atomic E-state index is -0.135. The summed E-state index contributed by atoms with van der Waals surface area (Å²) >= 11 is 0.